The average Bonchev–Trinajstić information content (AvgIpc) is 3.37. The van der Waals surface area contributed by atoms with E-state index in [9.17, 15) is 4.79 Å². The number of nitrogens with one attached hydrogen (secondary N) is 1. The summed E-state index contributed by atoms with van der Waals surface area (Å²) in [6, 6.07) is 14.1. The van der Waals surface area contributed by atoms with Gasteiger partial charge >= 0.3 is 0 Å². The molecule has 4 rings (SSSR count). The summed E-state index contributed by atoms with van der Waals surface area (Å²) < 4.78 is 5.99. The molecule has 0 aliphatic rings. The van der Waals surface area contributed by atoms with E-state index in [1.165, 1.54) is 4.68 Å². The maximum Gasteiger partial charge on any atom is 0.293 e. The molecule has 2 heterocycles. The van der Waals surface area contributed by atoms with Gasteiger partial charge < -0.3 is 5.73 Å². The fourth-order valence-corrected chi connectivity index (χ4v) is 3.11. The normalized spacial score (nSPS) is 11.7. The van der Waals surface area contributed by atoms with Crippen molar-refractivity contribution >= 4 is 28.2 Å². The van der Waals surface area contributed by atoms with Gasteiger partial charge in [-0.2, -0.15) is 9.78 Å². The number of aromatic nitrogens is 5. The summed E-state index contributed by atoms with van der Waals surface area (Å²) >= 11 is 0. The Morgan fingerprint density at radius 2 is 2.00 bits per heavy atom. The zero-order valence-corrected chi connectivity index (χ0v) is 16.5. The highest BCUT2D eigenvalue weighted by Crippen LogP contribution is 2.18. The molecule has 2 aromatic carbocycles. The Balaban J connectivity index is 1.58. The Morgan fingerprint density at radius 1 is 1.20 bits per heavy atom. The molecule has 2 aromatic heterocycles. The third-order valence-corrected chi connectivity index (χ3v) is 4.65. The van der Waals surface area contributed by atoms with Crippen molar-refractivity contribution in [1.82, 2.24) is 30.7 Å². The van der Waals surface area contributed by atoms with Crippen LogP contribution in [0.1, 0.15) is 42.0 Å². The number of carbonyl (C=O) groups is 1. The molecule has 10 heteroatoms. The number of nitrogens with zero attached hydrogens (tertiary/aromatic N) is 6. The number of nitrogens with two attached hydrogens (primary N) is 1. The van der Waals surface area contributed by atoms with E-state index in [0.717, 1.165) is 22.8 Å². The summed E-state index contributed by atoms with van der Waals surface area (Å²) in [6.07, 6.45) is 1.30. The third kappa shape index (κ3) is 3.62. The number of fused-ring (bicyclic) bond motifs is 1. The fourth-order valence-electron chi connectivity index (χ4n) is 3.11. The molecule has 0 bridgehead atoms. The highest BCUT2D eigenvalue weighted by atomic mass is 16.6. The van der Waals surface area contributed by atoms with Crippen molar-refractivity contribution in [1.29, 1.82) is 0 Å². The van der Waals surface area contributed by atoms with Gasteiger partial charge in [0.05, 0.1) is 11.4 Å². The van der Waals surface area contributed by atoms with Crippen LogP contribution in [0.3, 0.4) is 0 Å². The summed E-state index contributed by atoms with van der Waals surface area (Å²) in [7, 11) is 0. The number of hydrazone groups is 1. The van der Waals surface area contributed by atoms with Crippen LogP contribution in [0.4, 0.5) is 5.82 Å². The maximum absolute atomic E-state index is 12.7. The first-order valence-corrected chi connectivity index (χ1v) is 9.45. The second-order valence-corrected chi connectivity index (χ2v) is 6.72. The molecule has 0 aliphatic carbocycles. The van der Waals surface area contributed by atoms with E-state index in [2.05, 4.69) is 35.8 Å². The molecule has 3 N–H and O–H groups in total. The Bertz CT molecular complexity index is 1240. The number of anilines is 1. The molecule has 0 fully saturated rings. The predicted octanol–water partition coefficient (Wildman–Crippen LogP) is 2.49. The minimum atomic E-state index is -0.472. The van der Waals surface area contributed by atoms with Crippen molar-refractivity contribution in [2.45, 2.75) is 26.7 Å². The highest BCUT2D eigenvalue weighted by molar-refractivity contribution is 6.03. The number of benzene rings is 2. The minimum absolute atomic E-state index is 0.0642. The number of amides is 1. The monoisotopic (exact) mass is 404 g/mol. The Labute approximate surface area is 171 Å². The van der Waals surface area contributed by atoms with Crippen LogP contribution in [0.15, 0.2) is 52.2 Å². The standard InChI is InChI=1S/C20H20N8O2/c1-3-6-16-17(23-27-28(16)19-18(21)25-30-26-19)20(29)24-22-12(2)14-10-9-13-7-4-5-8-15(13)11-14/h4-5,7-11H,3,6H2,1-2H3,(H2,21,25)(H,24,29)/b22-12-. The number of hydrogen-bond donors (Lipinski definition) is 2. The lowest BCUT2D eigenvalue weighted by Gasteiger charge is -2.05. The minimum Gasteiger partial charge on any atom is -0.378 e. The SMILES string of the molecule is CCCc1c(C(=O)N/N=C(/C)c2ccc3ccccc3c2)nnn1-c1nonc1N. The zero-order chi connectivity index (χ0) is 21.1. The largest absolute Gasteiger partial charge is 0.378 e. The summed E-state index contributed by atoms with van der Waals surface area (Å²) in [5.41, 5.74) is 10.6. The molecule has 0 saturated heterocycles. The molecule has 4 aromatic rings. The van der Waals surface area contributed by atoms with Crippen LogP contribution >= 0.6 is 0 Å². The van der Waals surface area contributed by atoms with Crippen LogP contribution in [-0.4, -0.2) is 36.9 Å². The van der Waals surface area contributed by atoms with E-state index in [1.807, 2.05) is 56.3 Å². The van der Waals surface area contributed by atoms with E-state index in [-0.39, 0.29) is 17.3 Å². The summed E-state index contributed by atoms with van der Waals surface area (Å²) in [4.78, 5) is 12.7. The molecule has 0 atom stereocenters. The molecule has 0 unspecified atom stereocenters. The van der Waals surface area contributed by atoms with Gasteiger partial charge in [-0.05, 0) is 46.1 Å². The highest BCUT2D eigenvalue weighted by Gasteiger charge is 2.23. The summed E-state index contributed by atoms with van der Waals surface area (Å²) in [5.74, 6) is -0.213. The lowest BCUT2D eigenvalue weighted by atomic mass is 10.0. The van der Waals surface area contributed by atoms with E-state index in [0.29, 0.717) is 17.8 Å². The first kappa shape index (κ1) is 19.2. The molecular formula is C20H20N8O2. The van der Waals surface area contributed by atoms with E-state index in [4.69, 9.17) is 5.73 Å². The van der Waals surface area contributed by atoms with Crippen molar-refractivity contribution in [3.8, 4) is 5.82 Å². The van der Waals surface area contributed by atoms with E-state index in [1.54, 1.807) is 0 Å². The van der Waals surface area contributed by atoms with E-state index < -0.39 is 5.91 Å². The van der Waals surface area contributed by atoms with Gasteiger partial charge in [-0.15, -0.1) is 5.10 Å². The van der Waals surface area contributed by atoms with Crippen LogP contribution in [-0.2, 0) is 6.42 Å². The van der Waals surface area contributed by atoms with Crippen molar-refractivity contribution in [3.05, 3.63) is 59.4 Å². The lowest BCUT2D eigenvalue weighted by molar-refractivity contribution is 0.0948. The van der Waals surface area contributed by atoms with Gasteiger partial charge in [0.25, 0.3) is 5.91 Å². The average molecular weight is 404 g/mol. The molecule has 0 aliphatic heterocycles. The van der Waals surface area contributed by atoms with Gasteiger partial charge in [-0.25, -0.2) is 10.1 Å². The fraction of sp³-hybridized carbons (Fsp3) is 0.200. The number of nitrogen functional groups attached to an aromatic ring is 1. The second kappa shape index (κ2) is 8.11. The van der Waals surface area contributed by atoms with Crippen molar-refractivity contribution < 1.29 is 9.42 Å². The predicted molar refractivity (Wildman–Crippen MR) is 111 cm³/mol. The Morgan fingerprint density at radius 3 is 2.73 bits per heavy atom. The van der Waals surface area contributed by atoms with Crippen LogP contribution < -0.4 is 11.2 Å². The molecule has 10 nitrogen and oxygen atoms in total. The molecule has 0 radical (unpaired) electrons. The first-order chi connectivity index (χ1) is 14.6. The van der Waals surface area contributed by atoms with Crippen LogP contribution in [0.5, 0.6) is 0 Å². The number of rotatable bonds is 6. The summed E-state index contributed by atoms with van der Waals surface area (Å²) in [6.45, 7) is 3.81. The van der Waals surface area contributed by atoms with Crippen LogP contribution in [0, 0.1) is 0 Å². The maximum atomic E-state index is 12.7. The third-order valence-electron chi connectivity index (χ3n) is 4.65. The lowest BCUT2D eigenvalue weighted by Crippen LogP contribution is -2.21. The Hall–Kier alpha value is -4.08. The smallest absolute Gasteiger partial charge is 0.293 e. The molecule has 1 amide bonds. The Kier molecular flexibility index (Phi) is 5.21. The van der Waals surface area contributed by atoms with Crippen molar-refractivity contribution in [3.63, 3.8) is 0 Å². The second-order valence-electron chi connectivity index (χ2n) is 6.72. The van der Waals surface area contributed by atoms with Gasteiger partial charge in [0.2, 0.25) is 11.6 Å². The van der Waals surface area contributed by atoms with Crippen molar-refractivity contribution in [2.75, 3.05) is 5.73 Å². The van der Waals surface area contributed by atoms with Gasteiger partial charge in [-0.3, -0.25) is 4.79 Å². The quantitative estimate of drug-likeness (QED) is 0.372. The van der Waals surface area contributed by atoms with Crippen LogP contribution in [0.25, 0.3) is 16.6 Å². The molecule has 0 saturated carbocycles. The van der Waals surface area contributed by atoms with Gasteiger partial charge in [0.1, 0.15) is 0 Å². The van der Waals surface area contributed by atoms with E-state index >= 15 is 0 Å². The molecule has 0 spiro atoms. The topological polar surface area (TPSA) is 137 Å². The van der Waals surface area contributed by atoms with Crippen LogP contribution in [0.2, 0.25) is 0 Å². The van der Waals surface area contributed by atoms with Gasteiger partial charge in [0, 0.05) is 0 Å². The molecule has 30 heavy (non-hydrogen) atoms. The summed E-state index contributed by atoms with van der Waals surface area (Å²) in [5, 5.41) is 21.7. The van der Waals surface area contributed by atoms with Crippen molar-refractivity contribution in [2.24, 2.45) is 5.10 Å². The zero-order valence-electron chi connectivity index (χ0n) is 16.5. The van der Waals surface area contributed by atoms with Gasteiger partial charge in [-0.1, -0.05) is 55.0 Å². The first-order valence-electron chi connectivity index (χ1n) is 9.45. The molecule has 152 valence electrons. The number of hydrogen-bond acceptors (Lipinski definition) is 8. The molecular weight excluding hydrogens is 384 g/mol. The van der Waals surface area contributed by atoms with Gasteiger partial charge in [0.15, 0.2) is 5.69 Å². The number of carbonyl (C=O) groups excluding carboxylic acids is 1.